The van der Waals surface area contributed by atoms with Gasteiger partial charge in [-0.25, -0.2) is 0 Å². The predicted molar refractivity (Wildman–Crippen MR) is 103 cm³/mol. The molecular weight excluding hydrogens is 308 g/mol. The third kappa shape index (κ3) is 2.50. The maximum Gasteiger partial charge on any atom is 0.139 e. The van der Waals surface area contributed by atoms with E-state index in [-0.39, 0.29) is 0 Å². The van der Waals surface area contributed by atoms with Gasteiger partial charge in [0.2, 0.25) is 0 Å². The van der Waals surface area contributed by atoms with Crippen LogP contribution in [0.2, 0.25) is 0 Å². The lowest BCUT2D eigenvalue weighted by molar-refractivity contribution is 0.0795. The number of hydrogen-bond acceptors (Lipinski definition) is 3. The van der Waals surface area contributed by atoms with Gasteiger partial charge in [-0.05, 0) is 74.2 Å². The SMILES string of the molecule is Oc1cc2c(cc1N1CCCCCC1)C[C@@H]1NCC[C@]23CCCC[C@H]13. The van der Waals surface area contributed by atoms with E-state index in [2.05, 4.69) is 22.3 Å². The van der Waals surface area contributed by atoms with E-state index < -0.39 is 0 Å². The molecule has 1 saturated carbocycles. The van der Waals surface area contributed by atoms with Crippen LogP contribution in [0.15, 0.2) is 12.1 Å². The first-order valence-corrected chi connectivity index (χ1v) is 10.6. The van der Waals surface area contributed by atoms with Crippen molar-refractivity contribution in [3.8, 4) is 5.75 Å². The van der Waals surface area contributed by atoms with Gasteiger partial charge in [0.05, 0.1) is 5.69 Å². The van der Waals surface area contributed by atoms with Crippen molar-refractivity contribution < 1.29 is 5.11 Å². The summed E-state index contributed by atoms with van der Waals surface area (Å²) in [5.74, 6) is 1.32. The van der Waals surface area contributed by atoms with Crippen molar-refractivity contribution in [1.82, 2.24) is 5.32 Å². The molecule has 3 nitrogen and oxygen atoms in total. The highest BCUT2D eigenvalue weighted by molar-refractivity contribution is 5.63. The van der Waals surface area contributed by atoms with Gasteiger partial charge in [-0.1, -0.05) is 25.7 Å². The molecule has 3 fully saturated rings. The molecule has 5 rings (SSSR count). The molecule has 4 aliphatic rings. The van der Waals surface area contributed by atoms with Crippen LogP contribution in [0.1, 0.15) is 68.9 Å². The molecule has 0 spiro atoms. The first kappa shape index (κ1) is 16.0. The molecule has 2 aliphatic carbocycles. The van der Waals surface area contributed by atoms with Crippen molar-refractivity contribution in [3.05, 3.63) is 23.3 Å². The molecule has 1 aromatic carbocycles. The van der Waals surface area contributed by atoms with E-state index in [1.165, 1.54) is 68.9 Å². The fraction of sp³-hybridized carbons (Fsp3) is 0.727. The molecule has 136 valence electrons. The van der Waals surface area contributed by atoms with Gasteiger partial charge in [-0.3, -0.25) is 0 Å². The fourth-order valence-corrected chi connectivity index (χ4v) is 6.52. The summed E-state index contributed by atoms with van der Waals surface area (Å²) in [7, 11) is 0. The lowest BCUT2D eigenvalue weighted by atomic mass is 9.53. The van der Waals surface area contributed by atoms with Crippen LogP contribution in [-0.2, 0) is 11.8 Å². The summed E-state index contributed by atoms with van der Waals surface area (Å²) in [5, 5.41) is 14.8. The average molecular weight is 341 g/mol. The summed E-state index contributed by atoms with van der Waals surface area (Å²) in [6, 6.07) is 5.21. The Balaban J connectivity index is 1.57. The van der Waals surface area contributed by atoms with E-state index in [1.807, 2.05) is 0 Å². The molecule has 2 heterocycles. The Morgan fingerprint density at radius 3 is 2.68 bits per heavy atom. The second kappa shape index (κ2) is 6.19. The second-order valence-electron chi connectivity index (χ2n) is 8.92. The molecule has 25 heavy (non-hydrogen) atoms. The van der Waals surface area contributed by atoms with Gasteiger partial charge >= 0.3 is 0 Å². The molecule has 0 radical (unpaired) electrons. The molecule has 2 bridgehead atoms. The lowest BCUT2D eigenvalue weighted by Crippen LogP contribution is -2.59. The minimum absolute atomic E-state index is 0.344. The number of nitrogens with one attached hydrogen (secondary N) is 1. The smallest absolute Gasteiger partial charge is 0.139 e. The molecule has 0 aromatic heterocycles. The predicted octanol–water partition coefficient (Wildman–Crippen LogP) is 4.12. The maximum atomic E-state index is 10.9. The molecule has 2 saturated heterocycles. The van der Waals surface area contributed by atoms with Crippen LogP contribution in [0.25, 0.3) is 0 Å². The Hall–Kier alpha value is -1.22. The molecular formula is C22H32N2O. The fourth-order valence-electron chi connectivity index (χ4n) is 6.52. The quantitative estimate of drug-likeness (QED) is 0.807. The molecule has 3 heteroatoms. The third-order valence-corrected chi connectivity index (χ3v) is 7.68. The molecule has 0 amide bonds. The largest absolute Gasteiger partial charge is 0.506 e. The zero-order valence-corrected chi connectivity index (χ0v) is 15.4. The number of rotatable bonds is 1. The molecule has 2 N–H and O–H groups in total. The minimum atomic E-state index is 0.344. The van der Waals surface area contributed by atoms with Gasteiger partial charge in [-0.2, -0.15) is 0 Å². The summed E-state index contributed by atoms with van der Waals surface area (Å²) < 4.78 is 0. The summed E-state index contributed by atoms with van der Waals surface area (Å²) in [6.07, 6.45) is 13.0. The zero-order valence-electron chi connectivity index (χ0n) is 15.4. The van der Waals surface area contributed by atoms with Crippen LogP contribution in [0.4, 0.5) is 5.69 Å². The van der Waals surface area contributed by atoms with Crippen LogP contribution >= 0.6 is 0 Å². The summed E-state index contributed by atoms with van der Waals surface area (Å²) >= 11 is 0. The number of aromatic hydroxyl groups is 1. The van der Waals surface area contributed by atoms with Crippen molar-refractivity contribution in [2.45, 2.75) is 75.7 Å². The van der Waals surface area contributed by atoms with Crippen molar-refractivity contribution >= 4 is 5.69 Å². The Kier molecular flexibility index (Phi) is 3.96. The summed E-state index contributed by atoms with van der Waals surface area (Å²) in [6.45, 7) is 3.35. The second-order valence-corrected chi connectivity index (χ2v) is 8.92. The van der Waals surface area contributed by atoms with Crippen LogP contribution in [0, 0.1) is 5.92 Å². The molecule has 3 atom stereocenters. The highest BCUT2D eigenvalue weighted by atomic mass is 16.3. The number of fused-ring (bicyclic) bond motifs is 1. The van der Waals surface area contributed by atoms with Gasteiger partial charge in [0.25, 0.3) is 0 Å². The van der Waals surface area contributed by atoms with Gasteiger partial charge in [-0.15, -0.1) is 0 Å². The topological polar surface area (TPSA) is 35.5 Å². The van der Waals surface area contributed by atoms with Crippen molar-refractivity contribution in [2.75, 3.05) is 24.5 Å². The number of nitrogens with zero attached hydrogens (tertiary/aromatic N) is 1. The lowest BCUT2D eigenvalue weighted by Gasteiger charge is -2.56. The molecule has 0 unspecified atom stereocenters. The van der Waals surface area contributed by atoms with Crippen molar-refractivity contribution in [2.24, 2.45) is 5.92 Å². The maximum absolute atomic E-state index is 10.9. The first-order valence-electron chi connectivity index (χ1n) is 10.6. The van der Waals surface area contributed by atoms with E-state index in [9.17, 15) is 5.11 Å². The van der Waals surface area contributed by atoms with E-state index >= 15 is 0 Å². The number of anilines is 1. The highest BCUT2D eigenvalue weighted by Gasteiger charge is 2.51. The number of phenols is 1. The molecule has 1 aromatic rings. The van der Waals surface area contributed by atoms with Crippen molar-refractivity contribution in [1.29, 1.82) is 0 Å². The van der Waals surface area contributed by atoms with Gasteiger partial charge < -0.3 is 15.3 Å². The van der Waals surface area contributed by atoms with Gasteiger partial charge in [0.15, 0.2) is 0 Å². The Morgan fingerprint density at radius 1 is 1.00 bits per heavy atom. The Labute approximate surface area is 151 Å². The van der Waals surface area contributed by atoms with Gasteiger partial charge in [0, 0.05) is 24.5 Å². The van der Waals surface area contributed by atoms with Crippen LogP contribution in [0.3, 0.4) is 0 Å². The zero-order chi connectivity index (χ0) is 16.9. The van der Waals surface area contributed by atoms with Crippen LogP contribution in [-0.4, -0.2) is 30.8 Å². The number of phenolic OH excluding ortho intramolecular Hbond substituents is 1. The Morgan fingerprint density at radius 2 is 1.84 bits per heavy atom. The van der Waals surface area contributed by atoms with Gasteiger partial charge in [0.1, 0.15) is 5.75 Å². The van der Waals surface area contributed by atoms with Crippen LogP contribution in [0.5, 0.6) is 5.75 Å². The normalized spacial score (nSPS) is 34.8. The van der Waals surface area contributed by atoms with Crippen LogP contribution < -0.4 is 10.2 Å². The Bertz CT molecular complexity index is 646. The summed E-state index contributed by atoms with van der Waals surface area (Å²) in [4.78, 5) is 2.44. The number of hydrogen-bond donors (Lipinski definition) is 2. The van der Waals surface area contributed by atoms with E-state index in [4.69, 9.17) is 0 Å². The van der Waals surface area contributed by atoms with Crippen molar-refractivity contribution in [3.63, 3.8) is 0 Å². The average Bonchev–Trinajstić information content (AvgIpc) is 2.91. The monoisotopic (exact) mass is 340 g/mol. The first-order chi connectivity index (χ1) is 12.3. The molecule has 2 aliphatic heterocycles. The highest BCUT2D eigenvalue weighted by Crippen LogP contribution is 2.55. The number of piperidine rings is 1. The third-order valence-electron chi connectivity index (χ3n) is 7.68. The number of benzene rings is 1. The van der Waals surface area contributed by atoms with E-state index in [1.54, 1.807) is 0 Å². The summed E-state index contributed by atoms with van der Waals surface area (Å²) in [5.41, 5.74) is 4.47. The minimum Gasteiger partial charge on any atom is -0.506 e. The standard InChI is InChI=1S/C22H32N2O/c25-21-15-18-16(14-20(21)24-11-5-1-2-6-12-24)13-19-17-7-3-4-8-22(17,18)9-10-23-19/h14-15,17,19,23,25H,1-13H2/t17-,19+,22+/m1/s1. The van der Waals surface area contributed by atoms with E-state index in [0.29, 0.717) is 17.2 Å². The van der Waals surface area contributed by atoms with E-state index in [0.717, 1.165) is 37.7 Å².